The molecule has 3 N–H and O–H groups in total. The third kappa shape index (κ3) is 5.53. The number of carbonyl (C=O) groups is 1. The van der Waals surface area contributed by atoms with Gasteiger partial charge in [-0.3, -0.25) is 9.69 Å². The van der Waals surface area contributed by atoms with E-state index in [9.17, 15) is 4.79 Å². The lowest BCUT2D eigenvalue weighted by Gasteiger charge is -2.62. The number of primary amides is 1. The second-order valence-corrected chi connectivity index (χ2v) is 12.8. The molecule has 3 aromatic rings. The highest BCUT2D eigenvalue weighted by molar-refractivity contribution is 6.42. The molecule has 0 aromatic heterocycles. The summed E-state index contributed by atoms with van der Waals surface area (Å²) in [6.45, 7) is 5.26. The summed E-state index contributed by atoms with van der Waals surface area (Å²) in [5, 5.41) is 4.58. The number of hydrogen-bond donors (Lipinski definition) is 2. The first-order chi connectivity index (χ1) is 21.3. The van der Waals surface area contributed by atoms with Crippen LogP contribution in [0.25, 0.3) is 0 Å². The van der Waals surface area contributed by atoms with Gasteiger partial charge in [-0.1, -0.05) is 72.9 Å². The molecule has 0 saturated carbocycles. The summed E-state index contributed by atoms with van der Waals surface area (Å²) >= 11 is 13.2. The van der Waals surface area contributed by atoms with Crippen molar-refractivity contribution in [2.75, 3.05) is 41.0 Å². The Morgan fingerprint density at radius 2 is 1.70 bits per heavy atom. The van der Waals surface area contributed by atoms with E-state index in [0.29, 0.717) is 46.8 Å². The van der Waals surface area contributed by atoms with Crippen molar-refractivity contribution in [2.45, 2.75) is 56.0 Å². The number of rotatable bonds is 11. The van der Waals surface area contributed by atoms with Crippen LogP contribution in [0.3, 0.4) is 0 Å². The maximum atomic E-state index is 14.1. The predicted molar refractivity (Wildman–Crippen MR) is 176 cm³/mol. The van der Waals surface area contributed by atoms with E-state index in [2.05, 4.69) is 17.1 Å². The molecule has 2 aliphatic heterocycles. The molecule has 2 aliphatic rings. The van der Waals surface area contributed by atoms with Gasteiger partial charge in [0.05, 0.1) is 36.8 Å². The van der Waals surface area contributed by atoms with Gasteiger partial charge in [-0.05, 0) is 79.2 Å². The van der Waals surface area contributed by atoms with Gasteiger partial charge in [0.25, 0.3) is 0 Å². The van der Waals surface area contributed by atoms with Crippen LogP contribution in [0.4, 0.5) is 0 Å². The largest absolute Gasteiger partial charge is 0.493 e. The van der Waals surface area contributed by atoms with Gasteiger partial charge in [0, 0.05) is 24.5 Å². The van der Waals surface area contributed by atoms with Gasteiger partial charge in [0.1, 0.15) is 0 Å². The third-order valence-electron chi connectivity index (χ3n) is 9.88. The number of ether oxygens (including phenoxy) is 3. The van der Waals surface area contributed by atoms with E-state index in [1.165, 1.54) is 0 Å². The molecule has 0 spiro atoms. The Morgan fingerprint density at radius 3 is 2.25 bits per heavy atom. The van der Waals surface area contributed by atoms with Crippen LogP contribution in [0, 0.1) is 5.92 Å². The Bertz CT molecular complexity index is 1440. The topological polar surface area (TPSA) is 86.1 Å². The first-order valence-electron chi connectivity index (χ1n) is 15.3. The van der Waals surface area contributed by atoms with Gasteiger partial charge < -0.3 is 25.3 Å². The zero-order valence-corrected chi connectivity index (χ0v) is 27.5. The molecular formula is C35H43Cl2N3O4. The van der Waals surface area contributed by atoms with Crippen LogP contribution in [-0.4, -0.2) is 57.3 Å². The van der Waals surface area contributed by atoms with Crippen molar-refractivity contribution in [3.8, 4) is 17.2 Å². The minimum atomic E-state index is -0.970. The number of halogens is 2. The van der Waals surface area contributed by atoms with Crippen molar-refractivity contribution in [2.24, 2.45) is 11.7 Å². The number of nitrogens with two attached hydrogens (primary N) is 1. The first-order valence-corrected chi connectivity index (χ1v) is 16.1. The lowest BCUT2D eigenvalue weighted by Crippen LogP contribution is -2.69. The number of carbonyl (C=O) groups excluding carboxylic acids is 1. The maximum Gasteiger partial charge on any atom is 0.228 e. The zero-order chi connectivity index (χ0) is 31.5. The lowest BCUT2D eigenvalue weighted by molar-refractivity contribution is -0.134. The highest BCUT2D eigenvalue weighted by Crippen LogP contribution is 2.59. The normalized spacial score (nSPS) is 25.5. The Morgan fingerprint density at radius 1 is 1.00 bits per heavy atom. The monoisotopic (exact) mass is 639 g/mol. The molecule has 236 valence electrons. The molecule has 3 aromatic carbocycles. The smallest absolute Gasteiger partial charge is 0.228 e. The van der Waals surface area contributed by atoms with E-state index >= 15 is 0 Å². The zero-order valence-electron chi connectivity index (χ0n) is 26.0. The Kier molecular flexibility index (Phi) is 10.0. The van der Waals surface area contributed by atoms with Crippen molar-refractivity contribution in [3.63, 3.8) is 0 Å². The standard InChI is InChI=1S/C35H43Cl2N3O4/c1-5-14-35(26-13-16-39-21-26)32(24-11-12-27(36)28(37)20-24)34(33(38)41,25-9-7-6-8-10-25)15-17-40(35)22-23-18-29(42-2)31(44-4)30(19-23)43-3/h6-12,18-20,26,32,39H,5,13-17,21-22H2,1-4H3,(H2,38,41). The second-order valence-electron chi connectivity index (χ2n) is 11.9. The van der Waals surface area contributed by atoms with E-state index in [0.717, 1.165) is 49.0 Å². The molecule has 5 rings (SSSR count). The summed E-state index contributed by atoms with van der Waals surface area (Å²) in [6, 6.07) is 19.9. The fourth-order valence-corrected chi connectivity index (χ4v) is 8.45. The number of hydrogen-bond acceptors (Lipinski definition) is 6. The van der Waals surface area contributed by atoms with Gasteiger partial charge in [-0.2, -0.15) is 0 Å². The highest BCUT2D eigenvalue weighted by atomic mass is 35.5. The molecule has 9 heteroatoms. The molecule has 0 radical (unpaired) electrons. The first kappa shape index (κ1) is 32.4. The number of methoxy groups -OCH3 is 3. The van der Waals surface area contributed by atoms with Crippen LogP contribution in [0.1, 0.15) is 55.2 Å². The van der Waals surface area contributed by atoms with Gasteiger partial charge in [-0.15, -0.1) is 0 Å². The molecule has 0 bridgehead atoms. The quantitative estimate of drug-likeness (QED) is 0.246. The molecule has 7 nitrogen and oxygen atoms in total. The summed E-state index contributed by atoms with van der Waals surface area (Å²) < 4.78 is 17.1. The second kappa shape index (κ2) is 13.6. The average Bonchev–Trinajstić information content (AvgIpc) is 3.59. The van der Waals surface area contributed by atoms with Crippen molar-refractivity contribution < 1.29 is 19.0 Å². The lowest BCUT2D eigenvalue weighted by atomic mass is 9.51. The van der Waals surface area contributed by atoms with Crippen molar-refractivity contribution in [1.82, 2.24) is 10.2 Å². The van der Waals surface area contributed by atoms with Gasteiger partial charge >= 0.3 is 0 Å². The van der Waals surface area contributed by atoms with E-state index in [4.69, 9.17) is 43.1 Å². The average molecular weight is 641 g/mol. The predicted octanol–water partition coefficient (Wildman–Crippen LogP) is 6.58. The number of nitrogens with zero attached hydrogens (tertiary/aromatic N) is 1. The number of piperidine rings is 1. The molecular weight excluding hydrogens is 597 g/mol. The minimum absolute atomic E-state index is 0.242. The SMILES string of the molecule is CCCC1(C2CCNC2)C(c2ccc(Cl)c(Cl)c2)C(C(N)=O)(c2ccccc2)CCN1Cc1cc(OC)c(OC)c(OC)c1. The van der Waals surface area contributed by atoms with Crippen LogP contribution in [0.15, 0.2) is 60.7 Å². The third-order valence-corrected chi connectivity index (χ3v) is 10.6. The van der Waals surface area contributed by atoms with Crippen LogP contribution in [0.5, 0.6) is 17.2 Å². The van der Waals surface area contributed by atoms with E-state index in [1.807, 2.05) is 60.7 Å². The van der Waals surface area contributed by atoms with Crippen LogP contribution in [0.2, 0.25) is 10.0 Å². The summed E-state index contributed by atoms with van der Waals surface area (Å²) in [5.41, 5.74) is 8.08. The maximum absolute atomic E-state index is 14.1. The summed E-state index contributed by atoms with van der Waals surface area (Å²) in [4.78, 5) is 16.7. The Balaban J connectivity index is 1.78. The van der Waals surface area contributed by atoms with Crippen LogP contribution in [-0.2, 0) is 16.8 Å². The Labute approximate surface area is 270 Å². The summed E-state index contributed by atoms with van der Waals surface area (Å²) in [5.74, 6) is 1.40. The molecule has 2 fully saturated rings. The number of nitrogens with one attached hydrogen (secondary N) is 1. The van der Waals surface area contributed by atoms with E-state index in [1.54, 1.807) is 21.3 Å². The summed E-state index contributed by atoms with van der Waals surface area (Å²) in [7, 11) is 4.88. The van der Waals surface area contributed by atoms with Crippen molar-refractivity contribution in [1.29, 1.82) is 0 Å². The van der Waals surface area contributed by atoms with E-state index < -0.39 is 11.0 Å². The number of amides is 1. The molecule has 2 heterocycles. The van der Waals surface area contributed by atoms with Gasteiger partial charge in [-0.25, -0.2) is 0 Å². The van der Waals surface area contributed by atoms with Gasteiger partial charge in [0.15, 0.2) is 11.5 Å². The molecule has 44 heavy (non-hydrogen) atoms. The molecule has 1 amide bonds. The molecule has 2 saturated heterocycles. The summed E-state index contributed by atoms with van der Waals surface area (Å²) in [6.07, 6.45) is 3.31. The number of likely N-dealkylation sites (tertiary alicyclic amines) is 1. The molecule has 0 aliphatic carbocycles. The molecule has 4 unspecified atom stereocenters. The van der Waals surface area contributed by atoms with Crippen LogP contribution >= 0.6 is 23.2 Å². The minimum Gasteiger partial charge on any atom is -0.493 e. The van der Waals surface area contributed by atoms with Crippen LogP contribution < -0.4 is 25.3 Å². The highest BCUT2D eigenvalue weighted by Gasteiger charge is 2.63. The fourth-order valence-electron chi connectivity index (χ4n) is 8.15. The van der Waals surface area contributed by atoms with E-state index in [-0.39, 0.29) is 17.7 Å². The number of benzene rings is 3. The Hall–Kier alpha value is -2.97. The van der Waals surface area contributed by atoms with Crippen molar-refractivity contribution in [3.05, 3.63) is 87.4 Å². The fraction of sp³-hybridized carbons (Fsp3) is 0.457. The van der Waals surface area contributed by atoms with Crippen molar-refractivity contribution >= 4 is 29.1 Å². The molecule has 4 atom stereocenters. The van der Waals surface area contributed by atoms with Gasteiger partial charge in [0.2, 0.25) is 11.7 Å².